The molecule has 1 amide bonds. The van der Waals surface area contributed by atoms with Gasteiger partial charge in [0, 0.05) is 22.5 Å². The van der Waals surface area contributed by atoms with Crippen LogP contribution >= 0.6 is 11.6 Å². The third-order valence-corrected chi connectivity index (χ3v) is 4.06. The summed E-state index contributed by atoms with van der Waals surface area (Å²) in [7, 11) is 0. The second-order valence-electron chi connectivity index (χ2n) is 5.30. The molecule has 0 bridgehead atoms. The lowest BCUT2D eigenvalue weighted by molar-refractivity contribution is 0.0949. The Balaban J connectivity index is 1.66. The van der Waals surface area contributed by atoms with Crippen molar-refractivity contribution >= 4 is 28.4 Å². The van der Waals surface area contributed by atoms with Gasteiger partial charge < -0.3 is 10.3 Å². The highest BCUT2D eigenvalue weighted by atomic mass is 35.5. The lowest BCUT2D eigenvalue weighted by Gasteiger charge is -2.05. The standard InChI is InChI=1S/C18H17ClN2O/c1-12-15-4-2-3-5-16(15)21-17(12)18(22)20-11-10-13-6-8-14(19)9-7-13/h2-9,21H,10-11H2,1H3,(H,20,22). The number of rotatable bonds is 4. The van der Waals surface area contributed by atoms with Gasteiger partial charge in [-0.25, -0.2) is 0 Å². The van der Waals surface area contributed by atoms with Crippen molar-refractivity contribution in [3.05, 3.63) is 70.4 Å². The van der Waals surface area contributed by atoms with Crippen LogP contribution in [0, 0.1) is 6.92 Å². The Morgan fingerprint density at radius 3 is 2.59 bits per heavy atom. The average Bonchev–Trinajstić information content (AvgIpc) is 2.87. The summed E-state index contributed by atoms with van der Waals surface area (Å²) < 4.78 is 0. The predicted octanol–water partition coefficient (Wildman–Crippen LogP) is 4.10. The molecule has 2 aromatic carbocycles. The van der Waals surface area contributed by atoms with Crippen molar-refractivity contribution < 1.29 is 4.79 Å². The van der Waals surface area contributed by atoms with Crippen LogP contribution in [-0.4, -0.2) is 17.4 Å². The number of halogens is 1. The number of aromatic nitrogens is 1. The molecule has 3 aromatic rings. The number of amides is 1. The highest BCUT2D eigenvalue weighted by molar-refractivity contribution is 6.30. The summed E-state index contributed by atoms with van der Waals surface area (Å²) in [4.78, 5) is 15.5. The fourth-order valence-electron chi connectivity index (χ4n) is 2.57. The van der Waals surface area contributed by atoms with E-state index in [4.69, 9.17) is 11.6 Å². The Hall–Kier alpha value is -2.26. The maximum Gasteiger partial charge on any atom is 0.268 e. The number of fused-ring (bicyclic) bond motifs is 1. The number of H-pyrrole nitrogens is 1. The van der Waals surface area contributed by atoms with Gasteiger partial charge in [-0.15, -0.1) is 0 Å². The molecule has 2 N–H and O–H groups in total. The molecule has 0 spiro atoms. The first-order chi connectivity index (χ1) is 10.6. The van der Waals surface area contributed by atoms with Gasteiger partial charge in [-0.05, 0) is 42.7 Å². The van der Waals surface area contributed by atoms with Gasteiger partial charge in [-0.1, -0.05) is 41.9 Å². The van der Waals surface area contributed by atoms with E-state index in [1.54, 1.807) is 0 Å². The maximum absolute atomic E-state index is 12.3. The van der Waals surface area contributed by atoms with E-state index in [1.807, 2.05) is 55.5 Å². The number of aryl methyl sites for hydroxylation is 1. The third kappa shape index (κ3) is 3.00. The highest BCUT2D eigenvalue weighted by Gasteiger charge is 2.13. The number of hydrogen-bond acceptors (Lipinski definition) is 1. The van der Waals surface area contributed by atoms with Crippen molar-refractivity contribution in [1.29, 1.82) is 0 Å². The van der Waals surface area contributed by atoms with Crippen LogP contribution in [0.5, 0.6) is 0 Å². The van der Waals surface area contributed by atoms with Gasteiger partial charge in [-0.2, -0.15) is 0 Å². The quantitative estimate of drug-likeness (QED) is 0.748. The molecule has 1 aromatic heterocycles. The second-order valence-corrected chi connectivity index (χ2v) is 5.74. The van der Waals surface area contributed by atoms with Crippen LogP contribution < -0.4 is 5.32 Å². The molecule has 0 unspecified atom stereocenters. The van der Waals surface area contributed by atoms with E-state index < -0.39 is 0 Å². The Morgan fingerprint density at radius 2 is 1.86 bits per heavy atom. The minimum Gasteiger partial charge on any atom is -0.350 e. The molecule has 4 heteroatoms. The smallest absolute Gasteiger partial charge is 0.268 e. The zero-order chi connectivity index (χ0) is 15.5. The summed E-state index contributed by atoms with van der Waals surface area (Å²) in [5.41, 5.74) is 3.76. The van der Waals surface area contributed by atoms with E-state index in [0.717, 1.165) is 33.5 Å². The van der Waals surface area contributed by atoms with Crippen molar-refractivity contribution in [2.24, 2.45) is 0 Å². The minimum absolute atomic E-state index is 0.0670. The first-order valence-corrected chi connectivity index (χ1v) is 7.63. The van der Waals surface area contributed by atoms with Gasteiger partial charge in [0.05, 0.1) is 0 Å². The molecule has 1 heterocycles. The maximum atomic E-state index is 12.3. The fraction of sp³-hybridized carbons (Fsp3) is 0.167. The van der Waals surface area contributed by atoms with Crippen LogP contribution in [0.3, 0.4) is 0 Å². The number of hydrogen-bond donors (Lipinski definition) is 2. The normalized spacial score (nSPS) is 10.8. The van der Waals surface area contributed by atoms with Crippen molar-refractivity contribution in [2.75, 3.05) is 6.54 Å². The summed E-state index contributed by atoms with van der Waals surface area (Å²) in [5.74, 6) is -0.0670. The first kappa shape index (κ1) is 14.7. The lowest BCUT2D eigenvalue weighted by atomic mass is 10.1. The SMILES string of the molecule is Cc1c(C(=O)NCCc2ccc(Cl)cc2)[nH]c2ccccc12. The Labute approximate surface area is 134 Å². The summed E-state index contributed by atoms with van der Waals surface area (Å²) in [6.45, 7) is 2.56. The number of carbonyl (C=O) groups is 1. The zero-order valence-electron chi connectivity index (χ0n) is 12.3. The van der Waals surface area contributed by atoms with Crippen LogP contribution in [0.2, 0.25) is 5.02 Å². The topological polar surface area (TPSA) is 44.9 Å². The third-order valence-electron chi connectivity index (χ3n) is 3.81. The monoisotopic (exact) mass is 312 g/mol. The van der Waals surface area contributed by atoms with E-state index in [-0.39, 0.29) is 5.91 Å². The number of benzene rings is 2. The first-order valence-electron chi connectivity index (χ1n) is 7.25. The van der Waals surface area contributed by atoms with Crippen molar-refractivity contribution in [3.8, 4) is 0 Å². The van der Waals surface area contributed by atoms with Crippen molar-refractivity contribution in [1.82, 2.24) is 10.3 Å². The lowest BCUT2D eigenvalue weighted by Crippen LogP contribution is -2.26. The second kappa shape index (κ2) is 6.24. The van der Waals surface area contributed by atoms with E-state index in [9.17, 15) is 4.79 Å². The van der Waals surface area contributed by atoms with Crippen molar-refractivity contribution in [3.63, 3.8) is 0 Å². The molecule has 0 aliphatic heterocycles. The van der Waals surface area contributed by atoms with Crippen LogP contribution in [0.25, 0.3) is 10.9 Å². The molecule has 0 aliphatic carbocycles. The van der Waals surface area contributed by atoms with Crippen LogP contribution in [0.1, 0.15) is 21.6 Å². The highest BCUT2D eigenvalue weighted by Crippen LogP contribution is 2.21. The molecule has 0 aliphatic rings. The Kier molecular flexibility index (Phi) is 4.16. The van der Waals surface area contributed by atoms with Gasteiger partial charge in [0.15, 0.2) is 0 Å². The molecule has 3 rings (SSSR count). The summed E-state index contributed by atoms with van der Waals surface area (Å²) in [6.07, 6.45) is 0.780. The minimum atomic E-state index is -0.0670. The average molecular weight is 313 g/mol. The molecule has 3 nitrogen and oxygen atoms in total. The van der Waals surface area contributed by atoms with E-state index in [0.29, 0.717) is 12.2 Å². The van der Waals surface area contributed by atoms with Crippen molar-refractivity contribution in [2.45, 2.75) is 13.3 Å². The number of aromatic amines is 1. The van der Waals surface area contributed by atoms with Gasteiger partial charge in [-0.3, -0.25) is 4.79 Å². The molecular weight excluding hydrogens is 296 g/mol. The zero-order valence-corrected chi connectivity index (χ0v) is 13.1. The summed E-state index contributed by atoms with van der Waals surface area (Å²) in [6, 6.07) is 15.6. The molecule has 112 valence electrons. The number of para-hydroxylation sites is 1. The molecular formula is C18H17ClN2O. The molecule has 22 heavy (non-hydrogen) atoms. The van der Waals surface area contributed by atoms with Crippen LogP contribution in [0.15, 0.2) is 48.5 Å². The molecule has 0 atom stereocenters. The number of carbonyl (C=O) groups excluding carboxylic acids is 1. The van der Waals surface area contributed by atoms with E-state index >= 15 is 0 Å². The molecule has 0 saturated heterocycles. The summed E-state index contributed by atoms with van der Waals surface area (Å²) >= 11 is 5.86. The molecule has 0 radical (unpaired) electrons. The molecule has 0 saturated carbocycles. The molecule has 0 fully saturated rings. The van der Waals surface area contributed by atoms with Crippen LogP contribution in [0.4, 0.5) is 0 Å². The van der Waals surface area contributed by atoms with E-state index in [2.05, 4.69) is 10.3 Å². The predicted molar refractivity (Wildman–Crippen MR) is 90.5 cm³/mol. The summed E-state index contributed by atoms with van der Waals surface area (Å²) in [5, 5.41) is 4.77. The van der Waals surface area contributed by atoms with Gasteiger partial charge >= 0.3 is 0 Å². The van der Waals surface area contributed by atoms with Gasteiger partial charge in [0.1, 0.15) is 5.69 Å². The number of nitrogens with one attached hydrogen (secondary N) is 2. The largest absolute Gasteiger partial charge is 0.350 e. The van der Waals surface area contributed by atoms with Crippen LogP contribution in [-0.2, 0) is 6.42 Å². The fourth-order valence-corrected chi connectivity index (χ4v) is 2.70. The Bertz CT molecular complexity index is 806. The van der Waals surface area contributed by atoms with Gasteiger partial charge in [0.25, 0.3) is 5.91 Å². The van der Waals surface area contributed by atoms with Gasteiger partial charge in [0.2, 0.25) is 0 Å². The Morgan fingerprint density at radius 1 is 1.14 bits per heavy atom. The van der Waals surface area contributed by atoms with E-state index in [1.165, 1.54) is 0 Å².